The summed E-state index contributed by atoms with van der Waals surface area (Å²) in [7, 11) is 0. The molecule has 2 heterocycles. The Morgan fingerprint density at radius 2 is 2.00 bits per heavy atom. The highest BCUT2D eigenvalue weighted by Gasteiger charge is 2.20. The van der Waals surface area contributed by atoms with Gasteiger partial charge in [-0.05, 0) is 25.8 Å². The second kappa shape index (κ2) is 8.24. The number of thiophene rings is 1. The molecular weight excluding hydrogens is 312 g/mol. The van der Waals surface area contributed by atoms with Crippen LogP contribution >= 0.6 is 11.3 Å². The van der Waals surface area contributed by atoms with Gasteiger partial charge in [-0.25, -0.2) is 9.78 Å². The van der Waals surface area contributed by atoms with E-state index in [2.05, 4.69) is 11.9 Å². The maximum absolute atomic E-state index is 12.6. The minimum atomic E-state index is -0.376. The summed E-state index contributed by atoms with van der Waals surface area (Å²) in [5.74, 6) is -0.376. The van der Waals surface area contributed by atoms with Crippen molar-refractivity contribution < 1.29 is 9.53 Å². The van der Waals surface area contributed by atoms with Crippen molar-refractivity contribution in [3.05, 3.63) is 27.1 Å². The number of nitrogens with zero attached hydrogens (tertiary/aromatic N) is 2. The Hall–Kier alpha value is -1.69. The highest BCUT2D eigenvalue weighted by molar-refractivity contribution is 7.20. The van der Waals surface area contributed by atoms with Crippen molar-refractivity contribution in [1.29, 1.82) is 0 Å². The summed E-state index contributed by atoms with van der Waals surface area (Å²) in [6.07, 6.45) is 7.33. The number of aryl methyl sites for hydroxylation is 2. The fourth-order valence-corrected chi connectivity index (χ4v) is 3.63. The number of hydrogen-bond acceptors (Lipinski definition) is 5. The maximum atomic E-state index is 12.6. The molecule has 23 heavy (non-hydrogen) atoms. The number of fused-ring (bicyclic) bond motifs is 1. The maximum Gasteiger partial charge on any atom is 0.348 e. The first kappa shape index (κ1) is 17.7. The lowest BCUT2D eigenvalue weighted by Crippen LogP contribution is -2.20. The van der Waals surface area contributed by atoms with Crippen molar-refractivity contribution in [2.24, 2.45) is 0 Å². The van der Waals surface area contributed by atoms with Gasteiger partial charge >= 0.3 is 5.97 Å². The lowest BCUT2D eigenvalue weighted by molar-refractivity contribution is 0.0531. The van der Waals surface area contributed by atoms with Crippen molar-refractivity contribution in [3.63, 3.8) is 0 Å². The van der Waals surface area contributed by atoms with E-state index in [4.69, 9.17) is 4.74 Å². The molecule has 0 unspecified atom stereocenters. The van der Waals surface area contributed by atoms with Crippen LogP contribution in [0.25, 0.3) is 10.2 Å². The highest BCUT2D eigenvalue weighted by atomic mass is 32.1. The first-order valence-corrected chi connectivity index (χ1v) is 9.07. The van der Waals surface area contributed by atoms with Crippen LogP contribution in [0.2, 0.25) is 0 Å². The molecule has 2 aromatic heterocycles. The van der Waals surface area contributed by atoms with E-state index in [0.717, 1.165) is 12.8 Å². The average Bonchev–Trinajstić information content (AvgIpc) is 2.87. The minimum absolute atomic E-state index is 0.0604. The van der Waals surface area contributed by atoms with Gasteiger partial charge < -0.3 is 4.74 Å². The Kier molecular flexibility index (Phi) is 6.33. The first-order chi connectivity index (χ1) is 11.1. The Morgan fingerprint density at radius 1 is 1.26 bits per heavy atom. The average molecular weight is 336 g/mol. The Balaban J connectivity index is 2.23. The zero-order valence-corrected chi connectivity index (χ0v) is 14.9. The third-order valence-corrected chi connectivity index (χ3v) is 5.06. The summed E-state index contributed by atoms with van der Waals surface area (Å²) >= 11 is 1.23. The van der Waals surface area contributed by atoms with E-state index in [1.54, 1.807) is 24.7 Å². The number of ether oxygens (including phenoxy) is 1. The topological polar surface area (TPSA) is 61.2 Å². The summed E-state index contributed by atoms with van der Waals surface area (Å²) in [6, 6.07) is 0. The molecule has 0 bridgehead atoms. The number of hydrogen-bond donors (Lipinski definition) is 0. The van der Waals surface area contributed by atoms with E-state index in [1.807, 2.05) is 0 Å². The molecule has 126 valence electrons. The van der Waals surface area contributed by atoms with Gasteiger partial charge in [-0.3, -0.25) is 9.36 Å². The van der Waals surface area contributed by atoms with Gasteiger partial charge in [0.2, 0.25) is 0 Å². The summed E-state index contributed by atoms with van der Waals surface area (Å²) in [6.45, 7) is 6.74. The molecule has 0 spiro atoms. The SMILES string of the molecule is CCCCCCCn1cnc2sc(C(=O)OCC)c(C)c2c1=O. The van der Waals surface area contributed by atoms with E-state index in [-0.39, 0.29) is 11.5 Å². The van der Waals surface area contributed by atoms with Gasteiger partial charge in [0.1, 0.15) is 9.71 Å². The van der Waals surface area contributed by atoms with Crippen LogP contribution in [-0.2, 0) is 11.3 Å². The molecule has 0 saturated carbocycles. The van der Waals surface area contributed by atoms with Gasteiger partial charge in [0.15, 0.2) is 0 Å². The van der Waals surface area contributed by atoms with Crippen LogP contribution < -0.4 is 5.56 Å². The van der Waals surface area contributed by atoms with Gasteiger partial charge in [-0.15, -0.1) is 11.3 Å². The zero-order valence-electron chi connectivity index (χ0n) is 14.1. The molecule has 2 aromatic rings. The minimum Gasteiger partial charge on any atom is -0.462 e. The Labute approximate surface area is 140 Å². The normalized spacial score (nSPS) is 11.1. The van der Waals surface area contributed by atoms with E-state index in [1.165, 1.54) is 30.6 Å². The summed E-state index contributed by atoms with van der Waals surface area (Å²) in [4.78, 5) is 30.0. The van der Waals surface area contributed by atoms with Gasteiger partial charge in [0.25, 0.3) is 5.56 Å². The summed E-state index contributed by atoms with van der Waals surface area (Å²) in [5.41, 5.74) is 0.621. The molecule has 0 aliphatic carbocycles. The van der Waals surface area contributed by atoms with Crippen LogP contribution in [0.4, 0.5) is 0 Å². The highest BCUT2D eigenvalue weighted by Crippen LogP contribution is 2.27. The van der Waals surface area contributed by atoms with E-state index in [9.17, 15) is 9.59 Å². The number of carbonyl (C=O) groups is 1. The monoisotopic (exact) mass is 336 g/mol. The summed E-state index contributed by atoms with van der Waals surface area (Å²) < 4.78 is 6.70. The third kappa shape index (κ3) is 3.99. The van der Waals surface area contributed by atoms with Crippen molar-refractivity contribution in [1.82, 2.24) is 9.55 Å². The molecule has 5 nitrogen and oxygen atoms in total. The number of esters is 1. The lowest BCUT2D eigenvalue weighted by atomic mass is 10.1. The Morgan fingerprint density at radius 3 is 2.70 bits per heavy atom. The molecule has 0 aliphatic heterocycles. The summed E-state index contributed by atoms with van der Waals surface area (Å²) in [5, 5.41) is 0.550. The predicted octanol–water partition coefficient (Wildman–Crippen LogP) is 3.91. The molecule has 0 saturated heterocycles. The standard InChI is InChI=1S/C17H24N2O3S/c1-4-6-7-8-9-10-19-11-18-15-13(16(19)20)12(3)14(23-15)17(21)22-5-2/h11H,4-10H2,1-3H3. The van der Waals surface area contributed by atoms with Crippen LogP contribution in [0.5, 0.6) is 0 Å². The number of unbranched alkanes of at least 4 members (excludes halogenated alkanes) is 4. The molecule has 2 rings (SSSR count). The van der Waals surface area contributed by atoms with Gasteiger partial charge in [0, 0.05) is 6.54 Å². The molecule has 0 atom stereocenters. The molecule has 0 amide bonds. The number of rotatable bonds is 8. The van der Waals surface area contributed by atoms with Gasteiger partial charge in [-0.2, -0.15) is 0 Å². The molecular formula is C17H24N2O3S. The van der Waals surface area contributed by atoms with Crippen LogP contribution in [-0.4, -0.2) is 22.1 Å². The van der Waals surface area contributed by atoms with Gasteiger partial charge in [-0.1, -0.05) is 32.6 Å². The smallest absolute Gasteiger partial charge is 0.348 e. The lowest BCUT2D eigenvalue weighted by Gasteiger charge is -2.05. The van der Waals surface area contributed by atoms with E-state index < -0.39 is 0 Å². The van der Waals surface area contributed by atoms with Crippen LogP contribution in [0.1, 0.15) is 61.2 Å². The van der Waals surface area contributed by atoms with Crippen LogP contribution in [0.15, 0.2) is 11.1 Å². The molecule has 6 heteroatoms. The largest absolute Gasteiger partial charge is 0.462 e. The molecule has 0 N–H and O–H groups in total. The second-order valence-electron chi connectivity index (χ2n) is 5.61. The molecule has 0 aromatic carbocycles. The quantitative estimate of drug-likeness (QED) is 0.541. The fourth-order valence-electron chi connectivity index (χ4n) is 2.60. The van der Waals surface area contributed by atoms with E-state index >= 15 is 0 Å². The third-order valence-electron chi connectivity index (χ3n) is 3.88. The molecule has 0 aliphatic rings. The number of carbonyl (C=O) groups excluding carboxylic acids is 1. The van der Waals surface area contributed by atoms with Crippen molar-refractivity contribution in [2.45, 2.75) is 59.4 Å². The molecule has 0 radical (unpaired) electrons. The number of aromatic nitrogens is 2. The van der Waals surface area contributed by atoms with Crippen molar-refractivity contribution in [3.8, 4) is 0 Å². The van der Waals surface area contributed by atoms with E-state index in [0.29, 0.717) is 33.8 Å². The Bertz CT molecular complexity index is 733. The van der Waals surface area contributed by atoms with Crippen LogP contribution in [0.3, 0.4) is 0 Å². The van der Waals surface area contributed by atoms with Gasteiger partial charge in [0.05, 0.1) is 18.3 Å². The zero-order chi connectivity index (χ0) is 16.8. The predicted molar refractivity (Wildman–Crippen MR) is 93.3 cm³/mol. The second-order valence-corrected chi connectivity index (χ2v) is 6.61. The fraction of sp³-hybridized carbons (Fsp3) is 0.588. The van der Waals surface area contributed by atoms with Crippen molar-refractivity contribution >= 4 is 27.5 Å². The van der Waals surface area contributed by atoms with Crippen molar-refractivity contribution in [2.75, 3.05) is 6.61 Å². The first-order valence-electron chi connectivity index (χ1n) is 8.25. The molecule has 0 fully saturated rings. The van der Waals surface area contributed by atoms with Crippen LogP contribution in [0, 0.1) is 6.92 Å².